The Labute approximate surface area is 203 Å². The summed E-state index contributed by atoms with van der Waals surface area (Å²) in [6, 6.07) is 21.0. The second-order valence-corrected chi connectivity index (χ2v) is 8.50. The van der Waals surface area contributed by atoms with Gasteiger partial charge in [0, 0.05) is 15.5 Å². The first-order chi connectivity index (χ1) is 16.1. The zero-order valence-electron chi connectivity index (χ0n) is 18.3. The van der Waals surface area contributed by atoms with Gasteiger partial charge in [0.25, 0.3) is 0 Å². The molecule has 7 heteroatoms. The average molecular weight is 481 g/mol. The molecule has 0 aliphatic rings. The predicted molar refractivity (Wildman–Crippen MR) is 136 cm³/mol. The SMILES string of the molecule is C=CCc1cc(/C=N\NC(=O)CSc2ccc(Cl)cc2)cc(OC)c1OCc1ccccc1. The van der Waals surface area contributed by atoms with Crippen LogP contribution in [-0.4, -0.2) is 25.0 Å². The number of carbonyl (C=O) groups excluding carboxylic acids is 1. The summed E-state index contributed by atoms with van der Waals surface area (Å²) in [5, 5.41) is 4.75. The smallest absolute Gasteiger partial charge is 0.250 e. The maximum absolute atomic E-state index is 12.1. The molecular formula is C26H25ClN2O3S. The third-order valence-electron chi connectivity index (χ3n) is 4.55. The summed E-state index contributed by atoms with van der Waals surface area (Å²) < 4.78 is 11.6. The van der Waals surface area contributed by atoms with Crippen LogP contribution >= 0.6 is 23.4 Å². The Kier molecular flexibility index (Phi) is 9.42. The molecule has 0 spiro atoms. The molecule has 0 saturated carbocycles. The van der Waals surface area contributed by atoms with Crippen molar-refractivity contribution in [2.24, 2.45) is 5.10 Å². The first-order valence-electron chi connectivity index (χ1n) is 10.3. The van der Waals surface area contributed by atoms with E-state index in [1.54, 1.807) is 31.5 Å². The maximum atomic E-state index is 12.1. The van der Waals surface area contributed by atoms with E-state index in [9.17, 15) is 4.79 Å². The Morgan fingerprint density at radius 1 is 1.15 bits per heavy atom. The highest BCUT2D eigenvalue weighted by Crippen LogP contribution is 2.34. The lowest BCUT2D eigenvalue weighted by Gasteiger charge is -2.16. The number of amides is 1. The van der Waals surface area contributed by atoms with Gasteiger partial charge in [0.15, 0.2) is 11.5 Å². The van der Waals surface area contributed by atoms with Crippen molar-refractivity contribution in [2.45, 2.75) is 17.9 Å². The van der Waals surface area contributed by atoms with Crippen LogP contribution in [0, 0.1) is 0 Å². The highest BCUT2D eigenvalue weighted by molar-refractivity contribution is 8.00. The van der Waals surface area contributed by atoms with Crippen LogP contribution in [0.1, 0.15) is 16.7 Å². The summed E-state index contributed by atoms with van der Waals surface area (Å²) in [4.78, 5) is 13.1. The Morgan fingerprint density at radius 2 is 1.91 bits per heavy atom. The molecule has 1 amide bonds. The van der Waals surface area contributed by atoms with Gasteiger partial charge >= 0.3 is 0 Å². The molecule has 3 rings (SSSR count). The van der Waals surface area contributed by atoms with Gasteiger partial charge in [0.1, 0.15) is 6.61 Å². The zero-order valence-corrected chi connectivity index (χ0v) is 19.9. The van der Waals surface area contributed by atoms with Crippen molar-refractivity contribution in [1.29, 1.82) is 0 Å². The van der Waals surface area contributed by atoms with Crippen molar-refractivity contribution in [3.8, 4) is 11.5 Å². The molecule has 0 atom stereocenters. The number of ether oxygens (including phenoxy) is 2. The third-order valence-corrected chi connectivity index (χ3v) is 5.81. The molecular weight excluding hydrogens is 456 g/mol. The average Bonchev–Trinajstić information content (AvgIpc) is 2.83. The van der Waals surface area contributed by atoms with Crippen LogP contribution < -0.4 is 14.9 Å². The van der Waals surface area contributed by atoms with Crippen molar-refractivity contribution in [2.75, 3.05) is 12.9 Å². The largest absolute Gasteiger partial charge is 0.493 e. The van der Waals surface area contributed by atoms with Crippen molar-refractivity contribution in [3.63, 3.8) is 0 Å². The van der Waals surface area contributed by atoms with Crippen LogP contribution in [0.25, 0.3) is 0 Å². The monoisotopic (exact) mass is 480 g/mol. The number of nitrogens with one attached hydrogen (secondary N) is 1. The summed E-state index contributed by atoms with van der Waals surface area (Å²) >= 11 is 7.29. The molecule has 0 aliphatic carbocycles. The number of methoxy groups -OCH3 is 1. The summed E-state index contributed by atoms with van der Waals surface area (Å²) in [6.07, 6.45) is 3.99. The number of benzene rings is 3. The van der Waals surface area contributed by atoms with E-state index in [1.807, 2.05) is 54.6 Å². The third kappa shape index (κ3) is 7.70. The van der Waals surface area contributed by atoms with Crippen molar-refractivity contribution in [3.05, 3.63) is 101 Å². The molecule has 0 heterocycles. The standard InChI is InChI=1S/C26H25ClN2O3S/c1-3-7-21-14-20(15-24(31-2)26(21)32-17-19-8-5-4-6-9-19)16-28-29-25(30)18-33-23-12-10-22(27)11-13-23/h3-6,8-16H,1,7,17-18H2,2H3,(H,29,30)/b28-16-. The molecule has 5 nitrogen and oxygen atoms in total. The van der Waals surface area contributed by atoms with Crippen LogP contribution in [0.2, 0.25) is 5.02 Å². The van der Waals surface area contributed by atoms with Crippen molar-refractivity contribution >= 4 is 35.5 Å². The highest BCUT2D eigenvalue weighted by atomic mass is 35.5. The molecule has 0 bridgehead atoms. The van der Waals surface area contributed by atoms with Gasteiger partial charge in [-0.2, -0.15) is 5.10 Å². The molecule has 0 aliphatic heterocycles. The van der Waals surface area contributed by atoms with Gasteiger partial charge < -0.3 is 9.47 Å². The highest BCUT2D eigenvalue weighted by Gasteiger charge is 2.13. The van der Waals surface area contributed by atoms with Crippen LogP contribution in [0.3, 0.4) is 0 Å². The van der Waals surface area contributed by atoms with Crippen LogP contribution in [-0.2, 0) is 17.8 Å². The van der Waals surface area contributed by atoms with E-state index in [4.69, 9.17) is 21.1 Å². The molecule has 3 aromatic carbocycles. The van der Waals surface area contributed by atoms with E-state index in [0.717, 1.165) is 21.6 Å². The summed E-state index contributed by atoms with van der Waals surface area (Å²) in [5.41, 5.74) is 5.32. The van der Waals surface area contributed by atoms with E-state index in [-0.39, 0.29) is 11.7 Å². The number of hydrazone groups is 1. The molecule has 170 valence electrons. The zero-order chi connectivity index (χ0) is 23.5. The van der Waals surface area contributed by atoms with E-state index >= 15 is 0 Å². The van der Waals surface area contributed by atoms with E-state index in [0.29, 0.717) is 29.5 Å². The van der Waals surface area contributed by atoms with Gasteiger partial charge in [-0.05, 0) is 53.9 Å². The summed E-state index contributed by atoms with van der Waals surface area (Å²) in [7, 11) is 1.60. The van der Waals surface area contributed by atoms with Crippen molar-refractivity contribution < 1.29 is 14.3 Å². The minimum Gasteiger partial charge on any atom is -0.493 e. The van der Waals surface area contributed by atoms with Crippen LogP contribution in [0.5, 0.6) is 11.5 Å². The molecule has 0 aromatic heterocycles. The number of rotatable bonds is 11. The molecule has 0 saturated heterocycles. The fourth-order valence-electron chi connectivity index (χ4n) is 3.00. The predicted octanol–water partition coefficient (Wildman–Crippen LogP) is 5.90. The van der Waals surface area contributed by atoms with E-state index in [2.05, 4.69) is 17.1 Å². The molecule has 0 unspecified atom stereocenters. The second kappa shape index (κ2) is 12.7. The fraction of sp³-hybridized carbons (Fsp3) is 0.154. The fourth-order valence-corrected chi connectivity index (χ4v) is 3.82. The second-order valence-electron chi connectivity index (χ2n) is 7.01. The van der Waals surface area contributed by atoms with Gasteiger partial charge in [-0.1, -0.05) is 48.0 Å². The van der Waals surface area contributed by atoms with E-state index in [1.165, 1.54) is 11.8 Å². The number of nitrogens with zero attached hydrogens (tertiary/aromatic N) is 1. The topological polar surface area (TPSA) is 59.9 Å². The van der Waals surface area contributed by atoms with Crippen LogP contribution in [0.15, 0.2) is 89.4 Å². The molecule has 0 fully saturated rings. The number of allylic oxidation sites excluding steroid dienone is 1. The minimum atomic E-state index is -0.202. The van der Waals surface area contributed by atoms with E-state index < -0.39 is 0 Å². The molecule has 0 radical (unpaired) electrons. The lowest BCUT2D eigenvalue weighted by Crippen LogP contribution is -2.19. The molecule has 3 aromatic rings. The number of hydrogen-bond acceptors (Lipinski definition) is 5. The minimum absolute atomic E-state index is 0.202. The normalized spacial score (nSPS) is 10.7. The molecule has 1 N–H and O–H groups in total. The quantitative estimate of drug-likeness (QED) is 0.161. The van der Waals surface area contributed by atoms with Gasteiger partial charge in [0.2, 0.25) is 5.91 Å². The maximum Gasteiger partial charge on any atom is 0.250 e. The van der Waals surface area contributed by atoms with Crippen molar-refractivity contribution in [1.82, 2.24) is 5.43 Å². The van der Waals surface area contributed by atoms with Gasteiger partial charge in [-0.25, -0.2) is 5.43 Å². The first-order valence-corrected chi connectivity index (χ1v) is 11.6. The Bertz CT molecular complexity index is 1100. The Balaban J connectivity index is 1.64. The number of halogens is 1. The number of thioether (sulfide) groups is 1. The lowest BCUT2D eigenvalue weighted by molar-refractivity contribution is -0.118. The number of hydrogen-bond donors (Lipinski definition) is 1. The van der Waals surface area contributed by atoms with Gasteiger partial charge in [-0.15, -0.1) is 18.3 Å². The Morgan fingerprint density at radius 3 is 2.61 bits per heavy atom. The van der Waals surface area contributed by atoms with Gasteiger partial charge in [0.05, 0.1) is 19.1 Å². The summed E-state index contributed by atoms with van der Waals surface area (Å²) in [5.74, 6) is 1.31. The molecule has 33 heavy (non-hydrogen) atoms. The van der Waals surface area contributed by atoms with Crippen LogP contribution in [0.4, 0.5) is 0 Å². The number of carbonyl (C=O) groups is 1. The first kappa shape index (κ1) is 24.4. The summed E-state index contributed by atoms with van der Waals surface area (Å²) in [6.45, 7) is 4.27. The lowest BCUT2D eigenvalue weighted by atomic mass is 10.1. The Hall–Kier alpha value is -3.22. The van der Waals surface area contributed by atoms with Gasteiger partial charge in [-0.3, -0.25) is 4.79 Å².